The van der Waals surface area contributed by atoms with Gasteiger partial charge in [-0.1, -0.05) is 44.2 Å². The largest absolute Gasteiger partial charge is 0.441 e. The van der Waals surface area contributed by atoms with Crippen molar-refractivity contribution in [2.75, 3.05) is 0 Å². The molecule has 0 aliphatic rings. The van der Waals surface area contributed by atoms with Gasteiger partial charge in [0.25, 0.3) is 5.91 Å². The fourth-order valence-electron chi connectivity index (χ4n) is 3.69. The Kier molecular flexibility index (Phi) is 6.53. The van der Waals surface area contributed by atoms with Crippen LogP contribution >= 0.6 is 0 Å². The molecule has 0 bridgehead atoms. The molecule has 170 valence electrons. The Morgan fingerprint density at radius 2 is 1.88 bits per heavy atom. The number of benzene rings is 1. The van der Waals surface area contributed by atoms with Gasteiger partial charge in [-0.25, -0.2) is 9.97 Å². The second-order valence-corrected chi connectivity index (χ2v) is 8.39. The van der Waals surface area contributed by atoms with Gasteiger partial charge in [-0.15, -0.1) is 0 Å². The highest BCUT2D eigenvalue weighted by atomic mass is 16.4. The molecule has 0 saturated carbocycles. The zero-order valence-electron chi connectivity index (χ0n) is 19.0. The van der Waals surface area contributed by atoms with Crippen molar-refractivity contribution in [3.63, 3.8) is 0 Å². The average molecular weight is 446 g/mol. The molecular weight excluding hydrogens is 418 g/mol. The lowest BCUT2D eigenvalue weighted by molar-refractivity contribution is -0.121. The number of aromatic nitrogens is 3. The van der Waals surface area contributed by atoms with E-state index in [1.165, 1.54) is 5.56 Å². The number of oxazole rings is 1. The van der Waals surface area contributed by atoms with Gasteiger partial charge in [-0.05, 0) is 37.0 Å². The van der Waals surface area contributed by atoms with Gasteiger partial charge in [-0.2, -0.15) is 0 Å². The average Bonchev–Trinajstić information content (AvgIpc) is 3.40. The Morgan fingerprint density at radius 1 is 1.09 bits per heavy atom. The van der Waals surface area contributed by atoms with E-state index in [-0.39, 0.29) is 12.3 Å². The summed E-state index contributed by atoms with van der Waals surface area (Å²) in [7, 11) is 0. The third-order valence-corrected chi connectivity index (χ3v) is 5.24. The summed E-state index contributed by atoms with van der Waals surface area (Å²) in [6, 6.07) is 13.7. The van der Waals surface area contributed by atoms with Gasteiger partial charge in [-0.3, -0.25) is 24.8 Å². The molecule has 0 atom stereocenters. The molecule has 4 aromatic rings. The zero-order valence-corrected chi connectivity index (χ0v) is 19.0. The highest BCUT2D eigenvalue weighted by Gasteiger charge is 2.17. The molecule has 4 rings (SSSR count). The lowest BCUT2D eigenvalue weighted by atomic mass is 10.0. The maximum absolute atomic E-state index is 12.5. The molecule has 0 unspecified atom stereocenters. The number of hydrogen-bond acceptors (Lipinski definition) is 5. The Balaban J connectivity index is 1.29. The minimum absolute atomic E-state index is 0.125. The topological polar surface area (TPSA) is 102 Å². The van der Waals surface area contributed by atoms with Gasteiger partial charge in [0.05, 0.1) is 11.9 Å². The number of rotatable bonds is 7. The van der Waals surface area contributed by atoms with Crippen LogP contribution in [-0.2, 0) is 17.6 Å². The minimum Gasteiger partial charge on any atom is -0.441 e. The summed E-state index contributed by atoms with van der Waals surface area (Å²) in [5, 5.41) is 0. The summed E-state index contributed by atoms with van der Waals surface area (Å²) in [4.78, 5) is 33.4. The number of nitrogens with one attached hydrogen (secondary N) is 2. The van der Waals surface area contributed by atoms with Crippen molar-refractivity contribution in [2.24, 2.45) is 5.92 Å². The summed E-state index contributed by atoms with van der Waals surface area (Å²) >= 11 is 0. The Hall–Kier alpha value is -3.94. The van der Waals surface area contributed by atoms with E-state index < -0.39 is 5.91 Å². The molecule has 2 amide bonds. The van der Waals surface area contributed by atoms with E-state index >= 15 is 0 Å². The summed E-state index contributed by atoms with van der Waals surface area (Å²) in [5.74, 6) is 0.965. The van der Waals surface area contributed by atoms with Crippen LogP contribution in [0.3, 0.4) is 0 Å². The second kappa shape index (κ2) is 9.68. The number of aryl methyl sites for hydroxylation is 2. The Bertz CT molecular complexity index is 1270. The number of pyridine rings is 1. The summed E-state index contributed by atoms with van der Waals surface area (Å²) in [6.45, 7) is 6.14. The molecule has 0 spiro atoms. The molecular formula is C25H27N5O3. The number of hydrogen-bond donors (Lipinski definition) is 2. The number of amides is 2. The quantitative estimate of drug-likeness (QED) is 0.420. The highest BCUT2D eigenvalue weighted by Crippen LogP contribution is 2.22. The molecule has 0 saturated heterocycles. The number of imidazole rings is 1. The summed E-state index contributed by atoms with van der Waals surface area (Å²) in [5.41, 5.74) is 8.75. The third kappa shape index (κ3) is 5.28. The molecule has 3 aromatic heterocycles. The van der Waals surface area contributed by atoms with Crippen LogP contribution in [0.2, 0.25) is 0 Å². The van der Waals surface area contributed by atoms with Crippen LogP contribution in [0.15, 0.2) is 59.3 Å². The van der Waals surface area contributed by atoms with Crippen LogP contribution in [0.4, 0.5) is 0 Å². The predicted molar refractivity (Wildman–Crippen MR) is 124 cm³/mol. The third-order valence-electron chi connectivity index (χ3n) is 5.24. The first-order chi connectivity index (χ1) is 15.9. The molecule has 0 fully saturated rings. The first-order valence-corrected chi connectivity index (χ1v) is 11.0. The Labute approximate surface area is 192 Å². The van der Waals surface area contributed by atoms with Gasteiger partial charge in [0.1, 0.15) is 11.3 Å². The van der Waals surface area contributed by atoms with Crippen molar-refractivity contribution in [1.82, 2.24) is 25.2 Å². The van der Waals surface area contributed by atoms with Crippen LogP contribution in [0, 0.1) is 12.8 Å². The van der Waals surface area contributed by atoms with Crippen molar-refractivity contribution in [3.05, 3.63) is 77.7 Å². The lowest BCUT2D eigenvalue weighted by Gasteiger charge is -2.07. The van der Waals surface area contributed by atoms with E-state index in [4.69, 9.17) is 4.42 Å². The van der Waals surface area contributed by atoms with E-state index in [9.17, 15) is 9.59 Å². The van der Waals surface area contributed by atoms with Crippen LogP contribution < -0.4 is 10.9 Å². The van der Waals surface area contributed by atoms with Crippen LogP contribution in [0.5, 0.6) is 0 Å². The molecule has 2 N–H and O–H groups in total. The number of carbonyl (C=O) groups is 2. The molecule has 0 radical (unpaired) electrons. The zero-order chi connectivity index (χ0) is 23.4. The summed E-state index contributed by atoms with van der Waals surface area (Å²) in [6.07, 6.45) is 4.90. The first-order valence-electron chi connectivity index (χ1n) is 11.0. The monoisotopic (exact) mass is 445 g/mol. The van der Waals surface area contributed by atoms with Crippen LogP contribution in [-0.4, -0.2) is 26.2 Å². The van der Waals surface area contributed by atoms with Crippen molar-refractivity contribution in [3.8, 4) is 11.3 Å². The summed E-state index contributed by atoms with van der Waals surface area (Å²) < 4.78 is 7.48. The smallest absolute Gasteiger partial charge is 0.288 e. The maximum Gasteiger partial charge on any atom is 0.288 e. The van der Waals surface area contributed by atoms with Crippen molar-refractivity contribution in [2.45, 2.75) is 40.0 Å². The van der Waals surface area contributed by atoms with E-state index in [2.05, 4.69) is 46.8 Å². The van der Waals surface area contributed by atoms with Gasteiger partial charge < -0.3 is 4.42 Å². The molecule has 0 aliphatic heterocycles. The number of hydrazine groups is 1. The van der Waals surface area contributed by atoms with Crippen LogP contribution in [0.1, 0.15) is 47.9 Å². The molecule has 0 aliphatic carbocycles. The Morgan fingerprint density at radius 3 is 2.64 bits per heavy atom. The predicted octanol–water partition coefficient (Wildman–Crippen LogP) is 3.89. The van der Waals surface area contributed by atoms with Gasteiger partial charge in [0.15, 0.2) is 11.7 Å². The van der Waals surface area contributed by atoms with Crippen molar-refractivity contribution in [1.29, 1.82) is 0 Å². The first kappa shape index (κ1) is 22.3. The maximum atomic E-state index is 12.5. The molecule has 1 aromatic carbocycles. The standard InChI is InChI=1S/C25H27N5O3/c1-16(2)14-18-7-9-19(10-8-18)20-15-26-23(33-20)12-11-22(31)28-29-25(32)24-17(3)27-21-6-4-5-13-30(21)24/h4-10,13,15-16H,11-12,14H2,1-3H3,(H,28,31)(H,29,32). The van der Waals surface area contributed by atoms with E-state index in [1.807, 2.05) is 30.3 Å². The minimum atomic E-state index is -0.432. The number of carbonyl (C=O) groups excluding carboxylic acids is 2. The second-order valence-electron chi connectivity index (χ2n) is 8.39. The lowest BCUT2D eigenvalue weighted by Crippen LogP contribution is -2.42. The van der Waals surface area contributed by atoms with Gasteiger partial charge >= 0.3 is 0 Å². The SMILES string of the molecule is Cc1nc2ccccn2c1C(=O)NNC(=O)CCc1ncc(-c2ccc(CC(C)C)cc2)o1. The van der Waals surface area contributed by atoms with Gasteiger partial charge in [0, 0.05) is 24.6 Å². The molecule has 8 heteroatoms. The fraction of sp³-hybridized carbons (Fsp3) is 0.280. The molecule has 3 heterocycles. The normalized spacial score (nSPS) is 11.2. The number of fused-ring (bicyclic) bond motifs is 1. The van der Waals surface area contributed by atoms with Crippen molar-refractivity contribution >= 4 is 17.5 Å². The van der Waals surface area contributed by atoms with Crippen molar-refractivity contribution < 1.29 is 14.0 Å². The molecule has 8 nitrogen and oxygen atoms in total. The van der Waals surface area contributed by atoms with Crippen LogP contribution in [0.25, 0.3) is 17.0 Å². The number of nitrogens with zero attached hydrogens (tertiary/aromatic N) is 3. The van der Waals surface area contributed by atoms with Gasteiger partial charge in [0.2, 0.25) is 5.91 Å². The van der Waals surface area contributed by atoms with E-state index in [1.54, 1.807) is 23.7 Å². The van der Waals surface area contributed by atoms with E-state index in [0.717, 1.165) is 12.0 Å². The highest BCUT2D eigenvalue weighted by molar-refractivity contribution is 5.95. The molecule has 33 heavy (non-hydrogen) atoms. The fourth-order valence-corrected chi connectivity index (χ4v) is 3.69. The van der Waals surface area contributed by atoms with E-state index in [0.29, 0.717) is 41.0 Å².